The fourth-order valence-corrected chi connectivity index (χ4v) is 4.14. The molecule has 1 atom stereocenters. The van der Waals surface area contributed by atoms with E-state index in [0.717, 1.165) is 64.6 Å². The summed E-state index contributed by atoms with van der Waals surface area (Å²) in [5.41, 5.74) is 1.40. The van der Waals surface area contributed by atoms with Gasteiger partial charge in [0.25, 0.3) is 0 Å². The van der Waals surface area contributed by atoms with Crippen LogP contribution in [0, 0.1) is 11.8 Å². The normalized spacial score (nSPS) is 21.2. The highest BCUT2D eigenvalue weighted by Crippen LogP contribution is 2.25. The molecule has 3 rings (SSSR count). The van der Waals surface area contributed by atoms with Gasteiger partial charge in [0, 0.05) is 39.1 Å². The monoisotopic (exact) mass is 343 g/mol. The summed E-state index contributed by atoms with van der Waals surface area (Å²) in [6, 6.07) is 10.7. The second kappa shape index (κ2) is 9.35. The van der Waals surface area contributed by atoms with Crippen LogP contribution >= 0.6 is 0 Å². The number of carbonyl (C=O) groups is 1. The van der Waals surface area contributed by atoms with E-state index < -0.39 is 0 Å². The topological polar surface area (TPSA) is 35.6 Å². The Hall–Kier alpha value is -1.39. The van der Waals surface area contributed by atoms with Crippen LogP contribution in [0.25, 0.3) is 0 Å². The molecule has 1 N–H and O–H groups in total. The molecule has 2 saturated heterocycles. The van der Waals surface area contributed by atoms with Gasteiger partial charge in [0.2, 0.25) is 5.91 Å². The van der Waals surface area contributed by atoms with E-state index in [-0.39, 0.29) is 0 Å². The van der Waals surface area contributed by atoms with E-state index >= 15 is 0 Å². The number of rotatable bonds is 6. The minimum absolute atomic E-state index is 0.369. The number of hydrogen-bond acceptors (Lipinski definition) is 3. The lowest BCUT2D eigenvalue weighted by atomic mass is 9.84. The average Bonchev–Trinajstić information content (AvgIpc) is 2.68. The second-order valence-electron chi connectivity index (χ2n) is 7.73. The maximum Gasteiger partial charge on any atom is 0.222 e. The molecule has 2 aliphatic heterocycles. The lowest BCUT2D eigenvalue weighted by Gasteiger charge is -2.36. The number of amides is 1. The molecule has 4 heteroatoms. The van der Waals surface area contributed by atoms with Crippen LogP contribution in [0.5, 0.6) is 0 Å². The standard InChI is InChI=1S/C21H33N3O/c1-18(20-7-10-22-11-8-20)17-21(25)24-15-13-23(14-16-24)12-9-19-5-3-2-4-6-19/h2-6,18,20,22H,7-17H2,1H3. The molecule has 2 aliphatic rings. The predicted molar refractivity (Wildman–Crippen MR) is 103 cm³/mol. The van der Waals surface area contributed by atoms with Crippen LogP contribution in [0.15, 0.2) is 30.3 Å². The maximum atomic E-state index is 12.6. The first-order chi connectivity index (χ1) is 12.2. The summed E-state index contributed by atoms with van der Waals surface area (Å²) in [4.78, 5) is 17.2. The van der Waals surface area contributed by atoms with E-state index in [1.165, 1.54) is 18.4 Å². The van der Waals surface area contributed by atoms with Gasteiger partial charge >= 0.3 is 0 Å². The summed E-state index contributed by atoms with van der Waals surface area (Å²) in [7, 11) is 0. The van der Waals surface area contributed by atoms with Crippen molar-refractivity contribution in [3.63, 3.8) is 0 Å². The van der Waals surface area contributed by atoms with Crippen molar-refractivity contribution in [1.82, 2.24) is 15.1 Å². The van der Waals surface area contributed by atoms with Crippen LogP contribution < -0.4 is 5.32 Å². The minimum Gasteiger partial charge on any atom is -0.340 e. The van der Waals surface area contributed by atoms with E-state index in [0.29, 0.717) is 11.8 Å². The third-order valence-corrected chi connectivity index (χ3v) is 5.97. The van der Waals surface area contributed by atoms with Gasteiger partial charge in [-0.1, -0.05) is 37.3 Å². The Morgan fingerprint density at radius 2 is 1.80 bits per heavy atom. The Bertz CT molecular complexity index is 519. The molecule has 0 aliphatic carbocycles. The SMILES string of the molecule is CC(CC(=O)N1CCN(CCc2ccccc2)CC1)C1CCNCC1. The van der Waals surface area contributed by atoms with Crippen LogP contribution in [-0.2, 0) is 11.2 Å². The minimum atomic E-state index is 0.369. The van der Waals surface area contributed by atoms with E-state index in [4.69, 9.17) is 0 Å². The molecule has 0 spiro atoms. The summed E-state index contributed by atoms with van der Waals surface area (Å²) in [5, 5.41) is 3.41. The van der Waals surface area contributed by atoms with Crippen LogP contribution in [0.3, 0.4) is 0 Å². The molecule has 4 nitrogen and oxygen atoms in total. The van der Waals surface area contributed by atoms with Gasteiger partial charge in [-0.25, -0.2) is 0 Å². The largest absolute Gasteiger partial charge is 0.340 e. The Kier molecular flexibility index (Phi) is 6.88. The van der Waals surface area contributed by atoms with Crippen molar-refractivity contribution in [3.05, 3.63) is 35.9 Å². The zero-order chi connectivity index (χ0) is 17.5. The first-order valence-electron chi connectivity index (χ1n) is 9.97. The molecule has 25 heavy (non-hydrogen) atoms. The van der Waals surface area contributed by atoms with E-state index in [1.54, 1.807) is 0 Å². The predicted octanol–water partition coefficient (Wildman–Crippen LogP) is 2.40. The van der Waals surface area contributed by atoms with E-state index in [2.05, 4.69) is 52.4 Å². The summed E-state index contributed by atoms with van der Waals surface area (Å²) >= 11 is 0. The van der Waals surface area contributed by atoms with Crippen LogP contribution in [-0.4, -0.2) is 61.5 Å². The molecular formula is C21H33N3O. The Balaban J connectivity index is 1.37. The molecule has 0 aromatic heterocycles. The lowest BCUT2D eigenvalue weighted by molar-refractivity contribution is -0.134. The highest BCUT2D eigenvalue weighted by Gasteiger charge is 2.26. The number of benzene rings is 1. The van der Waals surface area contributed by atoms with E-state index in [9.17, 15) is 4.79 Å². The molecule has 0 bridgehead atoms. The highest BCUT2D eigenvalue weighted by atomic mass is 16.2. The number of nitrogens with zero attached hydrogens (tertiary/aromatic N) is 2. The van der Waals surface area contributed by atoms with Gasteiger partial charge in [-0.05, 0) is 49.8 Å². The van der Waals surface area contributed by atoms with Gasteiger partial charge in [-0.2, -0.15) is 0 Å². The van der Waals surface area contributed by atoms with E-state index in [1.807, 2.05) is 0 Å². The van der Waals surface area contributed by atoms with Crippen LogP contribution in [0.4, 0.5) is 0 Å². The Morgan fingerprint density at radius 3 is 2.48 bits per heavy atom. The van der Waals surface area contributed by atoms with Gasteiger partial charge in [-0.3, -0.25) is 9.69 Å². The molecule has 1 aromatic carbocycles. The molecule has 0 saturated carbocycles. The first kappa shape index (κ1) is 18.4. The number of carbonyl (C=O) groups excluding carboxylic acids is 1. The summed E-state index contributed by atoms with van der Waals surface area (Å²) in [6.45, 7) is 9.41. The fourth-order valence-electron chi connectivity index (χ4n) is 4.14. The number of piperidine rings is 1. The van der Waals surface area contributed by atoms with Gasteiger partial charge in [0.05, 0.1) is 0 Å². The van der Waals surface area contributed by atoms with Crippen molar-refractivity contribution >= 4 is 5.91 Å². The second-order valence-corrected chi connectivity index (χ2v) is 7.73. The van der Waals surface area contributed by atoms with Crippen molar-refractivity contribution in [2.75, 3.05) is 45.8 Å². The highest BCUT2D eigenvalue weighted by molar-refractivity contribution is 5.76. The molecular weight excluding hydrogens is 310 g/mol. The zero-order valence-corrected chi connectivity index (χ0v) is 15.6. The average molecular weight is 344 g/mol. The van der Waals surface area contributed by atoms with Gasteiger partial charge in [0.15, 0.2) is 0 Å². The molecule has 2 fully saturated rings. The van der Waals surface area contributed by atoms with Crippen molar-refractivity contribution in [2.24, 2.45) is 11.8 Å². The number of hydrogen-bond donors (Lipinski definition) is 1. The van der Waals surface area contributed by atoms with Crippen molar-refractivity contribution in [2.45, 2.75) is 32.6 Å². The quantitative estimate of drug-likeness (QED) is 0.861. The zero-order valence-electron chi connectivity index (χ0n) is 15.6. The molecule has 1 aromatic rings. The Labute approximate surface area is 152 Å². The van der Waals surface area contributed by atoms with Gasteiger partial charge < -0.3 is 10.2 Å². The van der Waals surface area contributed by atoms with Crippen LogP contribution in [0.2, 0.25) is 0 Å². The maximum absolute atomic E-state index is 12.6. The summed E-state index contributed by atoms with van der Waals surface area (Å²) in [6.07, 6.45) is 4.28. The molecule has 1 amide bonds. The third-order valence-electron chi connectivity index (χ3n) is 5.97. The van der Waals surface area contributed by atoms with Crippen LogP contribution in [0.1, 0.15) is 31.7 Å². The van der Waals surface area contributed by atoms with Crippen molar-refractivity contribution < 1.29 is 4.79 Å². The van der Waals surface area contributed by atoms with Crippen molar-refractivity contribution in [3.8, 4) is 0 Å². The smallest absolute Gasteiger partial charge is 0.222 e. The van der Waals surface area contributed by atoms with Crippen molar-refractivity contribution in [1.29, 1.82) is 0 Å². The molecule has 1 unspecified atom stereocenters. The fraction of sp³-hybridized carbons (Fsp3) is 0.667. The molecule has 138 valence electrons. The van der Waals surface area contributed by atoms with Gasteiger partial charge in [-0.15, -0.1) is 0 Å². The number of nitrogens with one attached hydrogen (secondary N) is 1. The summed E-state index contributed by atoms with van der Waals surface area (Å²) in [5.74, 6) is 1.61. The summed E-state index contributed by atoms with van der Waals surface area (Å²) < 4.78 is 0. The first-order valence-corrected chi connectivity index (χ1v) is 9.97. The third kappa shape index (κ3) is 5.55. The number of piperazine rings is 1. The molecule has 2 heterocycles. The molecule has 0 radical (unpaired) electrons. The Morgan fingerprint density at radius 1 is 1.12 bits per heavy atom. The van der Waals surface area contributed by atoms with Gasteiger partial charge in [0.1, 0.15) is 0 Å². The lowest BCUT2D eigenvalue weighted by Crippen LogP contribution is -2.49.